The van der Waals surface area contributed by atoms with Crippen molar-refractivity contribution >= 4 is 17.5 Å². The predicted molar refractivity (Wildman–Crippen MR) is 110 cm³/mol. The van der Waals surface area contributed by atoms with Gasteiger partial charge in [0.15, 0.2) is 0 Å². The van der Waals surface area contributed by atoms with Crippen LogP contribution in [-0.4, -0.2) is 45.4 Å². The topological polar surface area (TPSA) is 112 Å². The van der Waals surface area contributed by atoms with E-state index in [-0.39, 0.29) is 18.6 Å². The standard InChI is InChI=1S/C21H23N5O3/c1-21(12-28)11-24-19-15(21)8-14(9-23-19)16-5-6-22-20(25-16)26-17-7-13(10-27)3-4-18(17)29-2/h3-9,27-28H,10-12H2,1-2H3,(H,23,24)(H,22,25,26). The minimum absolute atomic E-state index is 0.0374. The molecule has 1 aliphatic rings. The molecular formula is C21H23N5O3. The van der Waals surface area contributed by atoms with Crippen LogP contribution in [0.5, 0.6) is 5.75 Å². The van der Waals surface area contributed by atoms with Crippen LogP contribution in [0, 0.1) is 0 Å². The van der Waals surface area contributed by atoms with Gasteiger partial charge in [-0.05, 0) is 29.8 Å². The number of hydrogen-bond donors (Lipinski definition) is 4. The monoisotopic (exact) mass is 393 g/mol. The molecule has 1 aromatic carbocycles. The van der Waals surface area contributed by atoms with E-state index in [0.717, 1.165) is 22.5 Å². The number of aromatic nitrogens is 3. The van der Waals surface area contributed by atoms with Gasteiger partial charge in [0.05, 0.1) is 31.7 Å². The third-order valence-electron chi connectivity index (χ3n) is 5.18. The largest absolute Gasteiger partial charge is 0.495 e. The molecule has 0 spiro atoms. The summed E-state index contributed by atoms with van der Waals surface area (Å²) < 4.78 is 5.38. The van der Waals surface area contributed by atoms with E-state index in [4.69, 9.17) is 4.74 Å². The summed E-state index contributed by atoms with van der Waals surface area (Å²) in [6, 6.07) is 9.20. The van der Waals surface area contributed by atoms with Gasteiger partial charge in [-0.2, -0.15) is 0 Å². The van der Waals surface area contributed by atoms with Crippen molar-refractivity contribution in [3.8, 4) is 17.0 Å². The molecule has 2 aromatic heterocycles. The van der Waals surface area contributed by atoms with E-state index in [1.807, 2.05) is 19.1 Å². The van der Waals surface area contributed by atoms with E-state index >= 15 is 0 Å². The second kappa shape index (κ2) is 7.65. The van der Waals surface area contributed by atoms with E-state index in [2.05, 4.69) is 25.6 Å². The fraction of sp³-hybridized carbons (Fsp3) is 0.286. The molecule has 150 valence electrons. The van der Waals surface area contributed by atoms with Crippen molar-refractivity contribution in [2.24, 2.45) is 0 Å². The number of rotatable bonds is 6. The molecule has 1 unspecified atom stereocenters. The number of nitrogens with zero attached hydrogens (tertiary/aromatic N) is 3. The average Bonchev–Trinajstić information content (AvgIpc) is 3.10. The Morgan fingerprint density at radius 2 is 2.07 bits per heavy atom. The van der Waals surface area contributed by atoms with Gasteiger partial charge in [0.1, 0.15) is 11.6 Å². The van der Waals surface area contributed by atoms with Crippen LogP contribution in [0.2, 0.25) is 0 Å². The molecule has 3 heterocycles. The van der Waals surface area contributed by atoms with E-state index in [0.29, 0.717) is 29.6 Å². The van der Waals surface area contributed by atoms with Crippen LogP contribution in [0.3, 0.4) is 0 Å². The second-order valence-electron chi connectivity index (χ2n) is 7.28. The Bertz CT molecular complexity index is 1040. The zero-order chi connectivity index (χ0) is 20.4. The molecule has 3 aromatic rings. The first kappa shape index (κ1) is 19.1. The molecular weight excluding hydrogens is 370 g/mol. The van der Waals surface area contributed by atoms with Crippen LogP contribution in [-0.2, 0) is 12.0 Å². The SMILES string of the molecule is COc1ccc(CO)cc1Nc1nccc(-c2cnc3c(c2)C(C)(CO)CN3)n1. The molecule has 4 N–H and O–H groups in total. The maximum atomic E-state index is 9.80. The lowest BCUT2D eigenvalue weighted by Crippen LogP contribution is -2.28. The number of aliphatic hydroxyl groups is 2. The predicted octanol–water partition coefficient (Wildman–Crippen LogP) is 2.46. The quantitative estimate of drug-likeness (QED) is 0.505. The minimum atomic E-state index is -0.370. The Hall–Kier alpha value is -3.23. The summed E-state index contributed by atoms with van der Waals surface area (Å²) in [5.74, 6) is 1.82. The smallest absolute Gasteiger partial charge is 0.227 e. The molecule has 0 radical (unpaired) electrons. The van der Waals surface area contributed by atoms with Gasteiger partial charge >= 0.3 is 0 Å². The number of aliphatic hydroxyl groups excluding tert-OH is 2. The molecule has 0 amide bonds. The maximum absolute atomic E-state index is 9.80. The van der Waals surface area contributed by atoms with Crippen LogP contribution in [0.4, 0.5) is 17.5 Å². The van der Waals surface area contributed by atoms with Gasteiger partial charge in [-0.25, -0.2) is 15.0 Å². The molecule has 1 aliphatic heterocycles. The minimum Gasteiger partial charge on any atom is -0.495 e. The van der Waals surface area contributed by atoms with Crippen LogP contribution in [0.1, 0.15) is 18.1 Å². The van der Waals surface area contributed by atoms with Crippen LogP contribution < -0.4 is 15.4 Å². The Morgan fingerprint density at radius 3 is 2.83 bits per heavy atom. The third kappa shape index (κ3) is 3.59. The molecule has 29 heavy (non-hydrogen) atoms. The van der Waals surface area contributed by atoms with E-state index in [1.165, 1.54) is 0 Å². The lowest BCUT2D eigenvalue weighted by Gasteiger charge is -2.20. The number of anilines is 3. The highest BCUT2D eigenvalue weighted by Crippen LogP contribution is 2.37. The number of benzene rings is 1. The summed E-state index contributed by atoms with van der Waals surface area (Å²) in [5, 5.41) is 25.6. The number of ether oxygens (including phenoxy) is 1. The van der Waals surface area contributed by atoms with Crippen molar-refractivity contribution in [2.75, 3.05) is 30.9 Å². The van der Waals surface area contributed by atoms with E-state index in [9.17, 15) is 10.2 Å². The molecule has 8 heteroatoms. The normalized spacial score (nSPS) is 17.5. The highest BCUT2D eigenvalue weighted by Gasteiger charge is 2.35. The zero-order valence-electron chi connectivity index (χ0n) is 16.3. The molecule has 0 saturated heterocycles. The number of hydrogen-bond acceptors (Lipinski definition) is 8. The lowest BCUT2D eigenvalue weighted by atomic mass is 9.85. The Labute approximate surface area is 168 Å². The van der Waals surface area contributed by atoms with Gasteiger partial charge in [-0.15, -0.1) is 0 Å². The summed E-state index contributed by atoms with van der Waals surface area (Å²) in [7, 11) is 1.58. The van der Waals surface area contributed by atoms with Gasteiger partial charge in [0.25, 0.3) is 0 Å². The van der Waals surface area contributed by atoms with Gasteiger partial charge in [-0.3, -0.25) is 0 Å². The highest BCUT2D eigenvalue weighted by molar-refractivity contribution is 5.68. The summed E-state index contributed by atoms with van der Waals surface area (Å²) in [4.78, 5) is 13.4. The lowest BCUT2D eigenvalue weighted by molar-refractivity contribution is 0.218. The Kier molecular flexibility index (Phi) is 5.04. The van der Waals surface area contributed by atoms with Crippen molar-refractivity contribution in [2.45, 2.75) is 18.9 Å². The fourth-order valence-corrected chi connectivity index (χ4v) is 3.37. The molecule has 0 saturated carbocycles. The van der Waals surface area contributed by atoms with Crippen molar-refractivity contribution < 1.29 is 14.9 Å². The molecule has 1 atom stereocenters. The molecule has 8 nitrogen and oxygen atoms in total. The first-order valence-corrected chi connectivity index (χ1v) is 9.30. The number of pyridine rings is 1. The molecule has 4 rings (SSSR count). The van der Waals surface area contributed by atoms with Crippen molar-refractivity contribution in [3.05, 3.63) is 53.9 Å². The van der Waals surface area contributed by atoms with E-state index < -0.39 is 0 Å². The first-order chi connectivity index (χ1) is 14.1. The fourth-order valence-electron chi connectivity index (χ4n) is 3.37. The molecule has 0 aliphatic carbocycles. The van der Waals surface area contributed by atoms with E-state index in [1.54, 1.807) is 37.7 Å². The van der Waals surface area contributed by atoms with Gasteiger partial charge in [0.2, 0.25) is 5.95 Å². The number of methoxy groups -OCH3 is 1. The summed E-state index contributed by atoms with van der Waals surface area (Å²) in [5.41, 5.74) is 3.58. The summed E-state index contributed by atoms with van der Waals surface area (Å²) >= 11 is 0. The van der Waals surface area contributed by atoms with Crippen LogP contribution in [0.15, 0.2) is 42.7 Å². The number of fused-ring (bicyclic) bond motifs is 1. The Morgan fingerprint density at radius 1 is 1.21 bits per heavy atom. The summed E-state index contributed by atoms with van der Waals surface area (Å²) in [6.45, 7) is 2.62. The van der Waals surface area contributed by atoms with Crippen molar-refractivity contribution in [1.82, 2.24) is 15.0 Å². The van der Waals surface area contributed by atoms with Crippen LogP contribution >= 0.6 is 0 Å². The van der Waals surface area contributed by atoms with Gasteiger partial charge in [-0.1, -0.05) is 13.0 Å². The third-order valence-corrected chi connectivity index (χ3v) is 5.18. The van der Waals surface area contributed by atoms with Gasteiger partial charge < -0.3 is 25.6 Å². The highest BCUT2D eigenvalue weighted by atomic mass is 16.5. The van der Waals surface area contributed by atoms with Crippen LogP contribution in [0.25, 0.3) is 11.3 Å². The molecule has 0 bridgehead atoms. The van der Waals surface area contributed by atoms with Crippen molar-refractivity contribution in [3.63, 3.8) is 0 Å². The second-order valence-corrected chi connectivity index (χ2v) is 7.28. The zero-order valence-corrected chi connectivity index (χ0v) is 16.3. The van der Waals surface area contributed by atoms with Crippen molar-refractivity contribution in [1.29, 1.82) is 0 Å². The number of nitrogens with one attached hydrogen (secondary N) is 2. The van der Waals surface area contributed by atoms with Gasteiger partial charge in [0, 0.05) is 35.5 Å². The average molecular weight is 393 g/mol. The summed E-state index contributed by atoms with van der Waals surface area (Å²) in [6.07, 6.45) is 3.43. The Balaban J connectivity index is 1.67. The maximum Gasteiger partial charge on any atom is 0.227 e. The first-order valence-electron chi connectivity index (χ1n) is 9.30. The molecule has 0 fully saturated rings.